The Morgan fingerprint density at radius 1 is 1.16 bits per heavy atom. The van der Waals surface area contributed by atoms with Crippen molar-refractivity contribution in [2.75, 3.05) is 0 Å². The van der Waals surface area contributed by atoms with Crippen LogP contribution >= 0.6 is 0 Å². The number of H-pyrrole nitrogens is 1. The second-order valence-corrected chi connectivity index (χ2v) is 6.17. The number of carboxylic acids is 1. The van der Waals surface area contributed by atoms with Crippen molar-refractivity contribution in [1.82, 2.24) is 10.3 Å². The van der Waals surface area contributed by atoms with Crippen LogP contribution in [-0.4, -0.2) is 27.5 Å². The molecule has 1 heterocycles. The Balaban J connectivity index is 1.85. The van der Waals surface area contributed by atoms with E-state index in [1.807, 2.05) is 18.2 Å². The highest BCUT2D eigenvalue weighted by molar-refractivity contribution is 6.00. The topological polar surface area (TPSA) is 82.2 Å². The minimum atomic E-state index is -1.47. The number of fused-ring (bicyclic) bond motifs is 1. The van der Waals surface area contributed by atoms with Crippen molar-refractivity contribution < 1.29 is 19.1 Å². The van der Waals surface area contributed by atoms with Crippen LogP contribution in [0.2, 0.25) is 0 Å². The summed E-state index contributed by atoms with van der Waals surface area (Å²) in [7, 11) is 0. The van der Waals surface area contributed by atoms with Gasteiger partial charge in [-0.05, 0) is 36.8 Å². The number of rotatable bonds is 5. The van der Waals surface area contributed by atoms with Gasteiger partial charge in [0.2, 0.25) is 0 Å². The van der Waals surface area contributed by atoms with Crippen molar-refractivity contribution in [2.45, 2.75) is 18.9 Å². The van der Waals surface area contributed by atoms with E-state index < -0.39 is 23.2 Å². The molecule has 25 heavy (non-hydrogen) atoms. The lowest BCUT2D eigenvalue weighted by Crippen LogP contribution is -2.53. The maximum atomic E-state index is 13.3. The highest BCUT2D eigenvalue weighted by Crippen LogP contribution is 2.19. The Bertz CT molecular complexity index is 936. The zero-order valence-corrected chi connectivity index (χ0v) is 13.5. The summed E-state index contributed by atoms with van der Waals surface area (Å²) in [6.07, 6.45) is 0.143. The zero-order chi connectivity index (χ0) is 18.0. The number of nitrogens with one attached hydrogen (secondary N) is 2. The number of carbonyl (C=O) groups is 2. The lowest BCUT2D eigenvalue weighted by molar-refractivity contribution is -0.143. The monoisotopic (exact) mass is 340 g/mol. The number of aromatic amines is 1. The predicted molar refractivity (Wildman–Crippen MR) is 91.9 cm³/mol. The number of amides is 1. The van der Waals surface area contributed by atoms with Gasteiger partial charge in [-0.25, -0.2) is 9.18 Å². The molecule has 0 saturated carbocycles. The molecule has 3 aromatic rings. The molecule has 0 radical (unpaired) electrons. The number of halogens is 1. The quantitative estimate of drug-likeness (QED) is 0.667. The fourth-order valence-electron chi connectivity index (χ4n) is 2.72. The average molecular weight is 340 g/mol. The smallest absolute Gasteiger partial charge is 0.329 e. The second-order valence-electron chi connectivity index (χ2n) is 6.17. The van der Waals surface area contributed by atoms with Crippen molar-refractivity contribution >= 4 is 22.8 Å². The van der Waals surface area contributed by atoms with Crippen LogP contribution < -0.4 is 5.32 Å². The van der Waals surface area contributed by atoms with E-state index in [1.54, 1.807) is 12.1 Å². The van der Waals surface area contributed by atoms with Crippen LogP contribution in [0.3, 0.4) is 0 Å². The van der Waals surface area contributed by atoms with Crippen molar-refractivity contribution in [2.24, 2.45) is 0 Å². The summed E-state index contributed by atoms with van der Waals surface area (Å²) in [4.78, 5) is 27.1. The Morgan fingerprint density at radius 2 is 1.88 bits per heavy atom. The summed E-state index contributed by atoms with van der Waals surface area (Å²) in [6.45, 7) is 1.46. The van der Waals surface area contributed by atoms with Crippen LogP contribution in [0.4, 0.5) is 4.39 Å². The molecule has 3 N–H and O–H groups in total. The number of aromatic nitrogens is 1. The van der Waals surface area contributed by atoms with E-state index in [9.17, 15) is 19.1 Å². The van der Waals surface area contributed by atoms with Crippen LogP contribution in [0.1, 0.15) is 23.0 Å². The number of carbonyl (C=O) groups excluding carboxylic acids is 1. The lowest BCUT2D eigenvalue weighted by atomic mass is 9.92. The van der Waals surface area contributed by atoms with Gasteiger partial charge in [0.1, 0.15) is 17.1 Å². The normalized spacial score (nSPS) is 13.4. The molecule has 0 spiro atoms. The summed E-state index contributed by atoms with van der Waals surface area (Å²) in [5.41, 5.74) is 0.111. The SMILES string of the molecule is C[C@](Cc1ccccc1)(NC(=O)c1cc2cc(F)ccc2[nH]1)C(=O)O. The van der Waals surface area contributed by atoms with E-state index in [1.165, 1.54) is 31.2 Å². The number of benzene rings is 2. The van der Waals surface area contributed by atoms with Gasteiger partial charge in [-0.15, -0.1) is 0 Å². The van der Waals surface area contributed by atoms with Crippen molar-refractivity contribution in [3.05, 3.63) is 71.7 Å². The highest BCUT2D eigenvalue weighted by atomic mass is 19.1. The fourth-order valence-corrected chi connectivity index (χ4v) is 2.72. The van der Waals surface area contributed by atoms with Crippen molar-refractivity contribution in [3.63, 3.8) is 0 Å². The Kier molecular flexibility index (Phi) is 4.27. The largest absolute Gasteiger partial charge is 0.480 e. The molecule has 0 aliphatic rings. The van der Waals surface area contributed by atoms with Gasteiger partial charge in [0, 0.05) is 17.3 Å². The van der Waals surface area contributed by atoms with Gasteiger partial charge in [0.25, 0.3) is 5.91 Å². The molecule has 3 rings (SSSR count). The zero-order valence-electron chi connectivity index (χ0n) is 13.5. The lowest BCUT2D eigenvalue weighted by Gasteiger charge is -2.26. The van der Waals surface area contributed by atoms with E-state index in [0.717, 1.165) is 5.56 Å². The molecule has 1 aromatic heterocycles. The molecular weight excluding hydrogens is 323 g/mol. The fraction of sp³-hybridized carbons (Fsp3) is 0.158. The van der Waals surface area contributed by atoms with Crippen LogP contribution in [-0.2, 0) is 11.2 Å². The van der Waals surface area contributed by atoms with E-state index in [0.29, 0.717) is 10.9 Å². The molecule has 0 fully saturated rings. The third kappa shape index (κ3) is 3.52. The van der Waals surface area contributed by atoms with Crippen LogP contribution in [0, 0.1) is 5.82 Å². The summed E-state index contributed by atoms with van der Waals surface area (Å²) >= 11 is 0. The molecule has 2 aromatic carbocycles. The van der Waals surface area contributed by atoms with Gasteiger partial charge in [0.05, 0.1) is 0 Å². The van der Waals surface area contributed by atoms with Gasteiger partial charge in [-0.2, -0.15) is 0 Å². The number of aliphatic carboxylic acids is 1. The number of carboxylic acid groups (broad SMARTS) is 1. The molecule has 1 amide bonds. The molecule has 1 atom stereocenters. The van der Waals surface area contributed by atoms with Crippen molar-refractivity contribution in [1.29, 1.82) is 0 Å². The summed E-state index contributed by atoms with van der Waals surface area (Å²) in [5, 5.41) is 12.7. The molecule has 128 valence electrons. The molecule has 6 heteroatoms. The first-order valence-corrected chi connectivity index (χ1v) is 7.75. The minimum absolute atomic E-state index is 0.143. The van der Waals surface area contributed by atoms with E-state index in [2.05, 4.69) is 10.3 Å². The third-order valence-corrected chi connectivity index (χ3v) is 4.09. The molecule has 0 aliphatic carbocycles. The molecule has 0 bridgehead atoms. The Labute approximate surface area is 143 Å². The first-order chi connectivity index (χ1) is 11.9. The summed E-state index contributed by atoms with van der Waals surface area (Å²) < 4.78 is 13.3. The Morgan fingerprint density at radius 3 is 2.56 bits per heavy atom. The van der Waals surface area contributed by atoms with Gasteiger partial charge >= 0.3 is 5.97 Å². The second kappa shape index (κ2) is 6.39. The maximum Gasteiger partial charge on any atom is 0.329 e. The molecule has 0 aliphatic heterocycles. The molecule has 0 saturated heterocycles. The summed E-state index contributed by atoms with van der Waals surface area (Å²) in [5.74, 6) is -2.10. The first kappa shape index (κ1) is 16.7. The minimum Gasteiger partial charge on any atom is -0.480 e. The molecule has 0 unspecified atom stereocenters. The van der Waals surface area contributed by atoms with Crippen LogP contribution in [0.5, 0.6) is 0 Å². The molecular formula is C19H17FN2O3. The Hall–Kier alpha value is -3.15. The van der Waals surface area contributed by atoms with Gasteiger partial charge < -0.3 is 15.4 Å². The van der Waals surface area contributed by atoms with Gasteiger partial charge in [-0.3, -0.25) is 4.79 Å². The van der Waals surface area contributed by atoms with Crippen molar-refractivity contribution in [3.8, 4) is 0 Å². The van der Waals surface area contributed by atoms with Crippen LogP contribution in [0.15, 0.2) is 54.6 Å². The third-order valence-electron chi connectivity index (χ3n) is 4.09. The molecule has 5 nitrogen and oxygen atoms in total. The summed E-state index contributed by atoms with van der Waals surface area (Å²) in [6, 6.07) is 14.7. The van der Waals surface area contributed by atoms with E-state index in [-0.39, 0.29) is 12.1 Å². The van der Waals surface area contributed by atoms with Gasteiger partial charge in [0.15, 0.2) is 0 Å². The average Bonchev–Trinajstić information content (AvgIpc) is 2.98. The van der Waals surface area contributed by atoms with Gasteiger partial charge in [-0.1, -0.05) is 30.3 Å². The standard InChI is InChI=1S/C19H17FN2O3/c1-19(18(24)25,11-12-5-3-2-4-6-12)22-17(23)16-10-13-9-14(20)7-8-15(13)21-16/h2-10,21H,11H2,1H3,(H,22,23)(H,24,25)/t19-/m1/s1. The van der Waals surface area contributed by atoms with E-state index >= 15 is 0 Å². The number of hydrogen-bond acceptors (Lipinski definition) is 2. The number of hydrogen-bond donors (Lipinski definition) is 3. The highest BCUT2D eigenvalue weighted by Gasteiger charge is 2.35. The maximum absolute atomic E-state index is 13.3. The predicted octanol–water partition coefficient (Wildman–Crippen LogP) is 3.12. The first-order valence-electron chi connectivity index (χ1n) is 7.75. The van der Waals surface area contributed by atoms with Crippen LogP contribution in [0.25, 0.3) is 10.9 Å². The van der Waals surface area contributed by atoms with E-state index in [4.69, 9.17) is 0 Å².